The Bertz CT molecular complexity index is 706. The van der Waals surface area contributed by atoms with Gasteiger partial charge in [0, 0.05) is 11.6 Å². The van der Waals surface area contributed by atoms with Crippen LogP contribution in [0.4, 0.5) is 4.39 Å². The van der Waals surface area contributed by atoms with Gasteiger partial charge in [-0.25, -0.2) is 4.39 Å². The van der Waals surface area contributed by atoms with Gasteiger partial charge in [-0.2, -0.15) is 0 Å². The third kappa shape index (κ3) is 5.98. The zero-order valence-electron chi connectivity index (χ0n) is 15.5. The number of hydrogen-bond acceptors (Lipinski definition) is 1. The zero-order chi connectivity index (χ0) is 18.4. The van der Waals surface area contributed by atoms with Gasteiger partial charge in [0.2, 0.25) is 0 Å². The van der Waals surface area contributed by atoms with Crippen LogP contribution in [-0.4, -0.2) is 25.5 Å². The fourth-order valence-electron chi connectivity index (χ4n) is 3.34. The summed E-state index contributed by atoms with van der Waals surface area (Å²) in [5, 5.41) is 0.819. The quantitative estimate of drug-likeness (QED) is 0.591. The number of hydrogen-bond donors (Lipinski definition) is 0. The first kappa shape index (κ1) is 19.7. The molecule has 2 aromatic carbocycles. The number of nitrogens with zero attached hydrogens (tertiary/aromatic N) is 1. The molecule has 3 heteroatoms. The largest absolute Gasteiger partial charge is 0.309 e. The zero-order valence-corrected chi connectivity index (χ0v) is 16.2. The maximum atomic E-state index is 13.1. The number of halogens is 2. The lowest BCUT2D eigenvalue weighted by atomic mass is 9.81. The first-order valence-electron chi connectivity index (χ1n) is 8.68. The molecule has 0 aliphatic rings. The van der Waals surface area contributed by atoms with Crippen molar-refractivity contribution in [1.82, 2.24) is 4.90 Å². The fraction of sp³-hybridized carbons (Fsp3) is 0.364. The minimum absolute atomic E-state index is 0.205. The van der Waals surface area contributed by atoms with Crippen LogP contribution in [0.25, 0.3) is 6.08 Å². The lowest BCUT2D eigenvalue weighted by Gasteiger charge is -2.28. The minimum Gasteiger partial charge on any atom is -0.309 e. The van der Waals surface area contributed by atoms with E-state index >= 15 is 0 Å². The highest BCUT2D eigenvalue weighted by molar-refractivity contribution is 6.31. The van der Waals surface area contributed by atoms with E-state index in [-0.39, 0.29) is 5.82 Å². The van der Waals surface area contributed by atoms with Gasteiger partial charge >= 0.3 is 0 Å². The van der Waals surface area contributed by atoms with Crippen molar-refractivity contribution in [2.75, 3.05) is 20.6 Å². The summed E-state index contributed by atoms with van der Waals surface area (Å²) in [5.41, 5.74) is 3.49. The van der Waals surface area contributed by atoms with Gasteiger partial charge in [0.25, 0.3) is 0 Å². The molecule has 1 nitrogen and oxygen atoms in total. The van der Waals surface area contributed by atoms with Crippen molar-refractivity contribution in [3.8, 4) is 0 Å². The van der Waals surface area contributed by atoms with E-state index in [1.54, 1.807) is 0 Å². The molecular weight excluding hydrogens is 333 g/mol. The molecular formula is C22H27ClFN. The maximum Gasteiger partial charge on any atom is 0.123 e. The third-order valence-corrected chi connectivity index (χ3v) is 4.96. The number of rotatable bonds is 7. The van der Waals surface area contributed by atoms with Gasteiger partial charge < -0.3 is 4.90 Å². The molecule has 0 aliphatic heterocycles. The van der Waals surface area contributed by atoms with Gasteiger partial charge in [0.1, 0.15) is 5.82 Å². The molecule has 0 aliphatic carbocycles. The van der Waals surface area contributed by atoms with Gasteiger partial charge in [-0.3, -0.25) is 0 Å². The third-order valence-electron chi connectivity index (χ3n) is 4.59. The summed E-state index contributed by atoms with van der Waals surface area (Å²) in [6, 6.07) is 14.7. The topological polar surface area (TPSA) is 3.24 Å². The Hall–Kier alpha value is -1.64. The monoisotopic (exact) mass is 359 g/mol. The minimum atomic E-state index is -0.205. The average Bonchev–Trinajstić information content (AvgIpc) is 2.55. The fourth-order valence-corrected chi connectivity index (χ4v) is 3.56. The summed E-state index contributed by atoms with van der Waals surface area (Å²) in [7, 11) is 4.20. The molecule has 0 N–H and O–H groups in total. The van der Waals surface area contributed by atoms with Gasteiger partial charge in [0.15, 0.2) is 0 Å². The van der Waals surface area contributed by atoms with Crippen LogP contribution in [0.2, 0.25) is 5.02 Å². The molecule has 0 saturated heterocycles. The Labute approximate surface area is 156 Å². The molecule has 134 valence electrons. The van der Waals surface area contributed by atoms with Crippen molar-refractivity contribution in [2.24, 2.45) is 11.8 Å². The molecule has 0 radical (unpaired) electrons. The van der Waals surface area contributed by atoms with Crippen molar-refractivity contribution in [1.29, 1.82) is 0 Å². The lowest BCUT2D eigenvalue weighted by Crippen LogP contribution is -2.27. The Kier molecular flexibility index (Phi) is 7.22. The highest BCUT2D eigenvalue weighted by Gasteiger charge is 2.21. The normalized spacial score (nSPS) is 14.6. The van der Waals surface area contributed by atoms with E-state index in [1.807, 2.05) is 30.3 Å². The average molecular weight is 360 g/mol. The lowest BCUT2D eigenvalue weighted by molar-refractivity contribution is 0.284. The molecule has 0 aromatic heterocycles. The summed E-state index contributed by atoms with van der Waals surface area (Å²) in [5.74, 6) is 0.638. The Morgan fingerprint density at radius 2 is 1.76 bits per heavy atom. The summed E-state index contributed by atoms with van der Waals surface area (Å²) >= 11 is 6.39. The van der Waals surface area contributed by atoms with Crippen LogP contribution in [-0.2, 0) is 6.42 Å². The SMILES string of the molecule is CC(=Cc1ccc(F)cc1)C(Cc1ccccc1Cl)C(C)CN(C)C. The summed E-state index contributed by atoms with van der Waals surface area (Å²) in [6.07, 6.45) is 3.06. The Balaban J connectivity index is 2.29. The summed E-state index contributed by atoms with van der Waals surface area (Å²) in [6.45, 7) is 5.45. The van der Waals surface area contributed by atoms with Crippen molar-refractivity contribution in [3.05, 3.63) is 76.1 Å². The Morgan fingerprint density at radius 1 is 1.12 bits per heavy atom. The second-order valence-corrected chi connectivity index (χ2v) is 7.49. The van der Waals surface area contributed by atoms with Crippen molar-refractivity contribution < 1.29 is 4.39 Å². The van der Waals surface area contributed by atoms with E-state index in [9.17, 15) is 4.39 Å². The molecule has 0 amide bonds. The molecule has 2 unspecified atom stereocenters. The predicted octanol–water partition coefficient (Wildman–Crippen LogP) is 5.94. The molecule has 2 atom stereocenters. The van der Waals surface area contributed by atoms with Gasteiger partial charge in [-0.15, -0.1) is 0 Å². The van der Waals surface area contributed by atoms with Gasteiger partial charge in [-0.05, 0) is 68.6 Å². The van der Waals surface area contributed by atoms with E-state index in [1.165, 1.54) is 23.3 Å². The maximum absolute atomic E-state index is 13.1. The van der Waals surface area contributed by atoms with Crippen LogP contribution in [0, 0.1) is 17.7 Å². The van der Waals surface area contributed by atoms with Crippen LogP contribution in [0.5, 0.6) is 0 Å². The van der Waals surface area contributed by atoms with E-state index in [4.69, 9.17) is 11.6 Å². The van der Waals surface area contributed by atoms with Crippen molar-refractivity contribution in [2.45, 2.75) is 20.3 Å². The molecule has 0 bridgehead atoms. The molecule has 0 spiro atoms. The van der Waals surface area contributed by atoms with Crippen LogP contribution in [0.1, 0.15) is 25.0 Å². The summed E-state index contributed by atoms with van der Waals surface area (Å²) in [4.78, 5) is 2.22. The molecule has 2 aromatic rings. The van der Waals surface area contributed by atoms with Gasteiger partial charge in [-0.1, -0.05) is 60.5 Å². The first-order valence-corrected chi connectivity index (χ1v) is 9.06. The highest BCUT2D eigenvalue weighted by Crippen LogP contribution is 2.29. The molecule has 0 fully saturated rings. The van der Waals surface area contributed by atoms with Crippen LogP contribution >= 0.6 is 11.6 Å². The van der Waals surface area contributed by atoms with E-state index < -0.39 is 0 Å². The molecule has 0 saturated carbocycles. The van der Waals surface area contributed by atoms with Crippen molar-refractivity contribution >= 4 is 17.7 Å². The molecule has 0 heterocycles. The van der Waals surface area contributed by atoms with Gasteiger partial charge in [0.05, 0.1) is 0 Å². The highest BCUT2D eigenvalue weighted by atomic mass is 35.5. The smallest absolute Gasteiger partial charge is 0.123 e. The van der Waals surface area contributed by atoms with Crippen LogP contribution < -0.4 is 0 Å². The van der Waals surface area contributed by atoms with E-state index in [0.29, 0.717) is 11.8 Å². The van der Waals surface area contributed by atoms with E-state index in [0.717, 1.165) is 23.6 Å². The second-order valence-electron chi connectivity index (χ2n) is 7.08. The van der Waals surface area contributed by atoms with Crippen LogP contribution in [0.3, 0.4) is 0 Å². The number of benzene rings is 2. The van der Waals surface area contributed by atoms with Crippen molar-refractivity contribution in [3.63, 3.8) is 0 Å². The standard InChI is InChI=1S/C22H27ClFN/c1-16(13-18-9-11-20(24)12-10-18)21(17(2)15-25(3)4)14-19-7-5-6-8-22(19)23/h5-13,17,21H,14-15H2,1-4H3. The molecule has 2 rings (SSSR count). The van der Waals surface area contributed by atoms with Crippen LogP contribution in [0.15, 0.2) is 54.1 Å². The number of allylic oxidation sites excluding steroid dienone is 1. The molecule has 25 heavy (non-hydrogen) atoms. The predicted molar refractivity (Wildman–Crippen MR) is 106 cm³/mol. The first-order chi connectivity index (χ1) is 11.9. The summed E-state index contributed by atoms with van der Waals surface area (Å²) < 4.78 is 13.1. The second kappa shape index (κ2) is 9.17. The Morgan fingerprint density at radius 3 is 2.36 bits per heavy atom. The van der Waals surface area contributed by atoms with E-state index in [2.05, 4.69) is 45.0 Å².